The molecule has 0 aromatic carbocycles. The zero-order valence-corrected chi connectivity index (χ0v) is 9.66. The molecule has 0 bridgehead atoms. The molecule has 90 valence electrons. The monoisotopic (exact) mass is 225 g/mol. The van der Waals surface area contributed by atoms with Gasteiger partial charge in [0.1, 0.15) is 6.04 Å². The van der Waals surface area contributed by atoms with Crippen LogP contribution in [0.1, 0.15) is 19.8 Å². The Kier molecular flexibility index (Phi) is 3.43. The molecular formula is C11H19N3O2. The maximum atomic E-state index is 12.0. The molecule has 2 saturated heterocycles. The molecule has 2 N–H and O–H groups in total. The van der Waals surface area contributed by atoms with Gasteiger partial charge in [0.05, 0.1) is 0 Å². The topological polar surface area (TPSA) is 61.4 Å². The van der Waals surface area contributed by atoms with Crippen molar-refractivity contribution >= 4 is 11.8 Å². The lowest BCUT2D eigenvalue weighted by atomic mass is 9.97. The van der Waals surface area contributed by atoms with E-state index < -0.39 is 0 Å². The predicted molar refractivity (Wildman–Crippen MR) is 59.8 cm³/mol. The fourth-order valence-corrected chi connectivity index (χ4v) is 2.28. The normalized spacial score (nSPS) is 26.2. The number of carbonyl (C=O) groups is 2. The molecule has 0 saturated carbocycles. The van der Waals surface area contributed by atoms with Crippen LogP contribution >= 0.6 is 0 Å². The van der Waals surface area contributed by atoms with Gasteiger partial charge in [0.15, 0.2) is 0 Å². The lowest BCUT2D eigenvalue weighted by Crippen LogP contribution is -2.57. The molecule has 1 unspecified atom stereocenters. The molecule has 16 heavy (non-hydrogen) atoms. The van der Waals surface area contributed by atoms with Gasteiger partial charge in [0, 0.05) is 19.5 Å². The van der Waals surface area contributed by atoms with Gasteiger partial charge in [-0.15, -0.1) is 0 Å². The van der Waals surface area contributed by atoms with Crippen molar-refractivity contribution in [1.82, 2.24) is 15.5 Å². The van der Waals surface area contributed by atoms with Crippen LogP contribution in [0.5, 0.6) is 0 Å². The number of carbonyl (C=O) groups excluding carboxylic acids is 2. The van der Waals surface area contributed by atoms with Crippen molar-refractivity contribution in [2.75, 3.05) is 26.2 Å². The number of hydrogen-bond donors (Lipinski definition) is 2. The second kappa shape index (κ2) is 4.82. The van der Waals surface area contributed by atoms with Crippen LogP contribution in [0.3, 0.4) is 0 Å². The van der Waals surface area contributed by atoms with E-state index in [4.69, 9.17) is 0 Å². The van der Waals surface area contributed by atoms with Crippen molar-refractivity contribution in [2.24, 2.45) is 5.92 Å². The first-order chi connectivity index (χ1) is 7.72. The molecule has 0 aromatic heterocycles. The molecule has 5 nitrogen and oxygen atoms in total. The lowest BCUT2D eigenvalue weighted by molar-refractivity contribution is -0.144. The molecule has 1 atom stereocenters. The summed E-state index contributed by atoms with van der Waals surface area (Å²) in [7, 11) is 0. The van der Waals surface area contributed by atoms with Gasteiger partial charge in [-0.2, -0.15) is 0 Å². The van der Waals surface area contributed by atoms with Crippen molar-refractivity contribution in [3.05, 3.63) is 0 Å². The third-order valence-corrected chi connectivity index (χ3v) is 3.37. The summed E-state index contributed by atoms with van der Waals surface area (Å²) in [5.74, 6) is 0.594. The number of rotatable bonds is 3. The van der Waals surface area contributed by atoms with Crippen LogP contribution in [0.4, 0.5) is 0 Å². The summed E-state index contributed by atoms with van der Waals surface area (Å²) in [6.07, 6.45) is 1.28. The minimum atomic E-state index is -0.255. The number of hydrogen-bond acceptors (Lipinski definition) is 3. The average molecular weight is 225 g/mol. The van der Waals surface area contributed by atoms with Gasteiger partial charge in [-0.25, -0.2) is 0 Å². The molecule has 2 rings (SSSR count). The van der Waals surface area contributed by atoms with Crippen LogP contribution in [0.25, 0.3) is 0 Å². The van der Waals surface area contributed by atoms with Crippen LogP contribution < -0.4 is 10.6 Å². The molecule has 0 spiro atoms. The third kappa shape index (κ3) is 2.19. The summed E-state index contributed by atoms with van der Waals surface area (Å²) in [5, 5.41) is 5.96. The Morgan fingerprint density at radius 1 is 1.50 bits per heavy atom. The highest BCUT2D eigenvalue weighted by atomic mass is 16.2. The summed E-state index contributed by atoms with van der Waals surface area (Å²) in [6.45, 7) is 5.05. The summed E-state index contributed by atoms with van der Waals surface area (Å²) < 4.78 is 0. The largest absolute Gasteiger partial charge is 0.353 e. The van der Waals surface area contributed by atoms with Gasteiger partial charge in [-0.05, 0) is 25.4 Å². The highest BCUT2D eigenvalue weighted by molar-refractivity contribution is 5.88. The van der Waals surface area contributed by atoms with Crippen LogP contribution in [-0.2, 0) is 9.59 Å². The molecule has 0 aromatic rings. The second-order valence-corrected chi connectivity index (χ2v) is 4.53. The number of piperazine rings is 1. The Labute approximate surface area is 95.6 Å². The number of amides is 2. The minimum Gasteiger partial charge on any atom is -0.353 e. The van der Waals surface area contributed by atoms with Gasteiger partial charge >= 0.3 is 0 Å². The smallest absolute Gasteiger partial charge is 0.242 e. The first kappa shape index (κ1) is 11.4. The Hall–Kier alpha value is -1.10. The summed E-state index contributed by atoms with van der Waals surface area (Å²) in [5.41, 5.74) is 0. The first-order valence-corrected chi connectivity index (χ1v) is 6.00. The van der Waals surface area contributed by atoms with Crippen molar-refractivity contribution in [3.63, 3.8) is 0 Å². The zero-order chi connectivity index (χ0) is 11.5. The highest BCUT2D eigenvalue weighted by Gasteiger charge is 2.33. The van der Waals surface area contributed by atoms with Crippen LogP contribution in [0.15, 0.2) is 0 Å². The standard InChI is InChI=1S/C11H19N3O2/c1-2-9-11(16)13-3-4-14(9)10(15)5-8-6-12-7-8/h8-9,12H,2-7H2,1H3,(H,13,16). The van der Waals surface area contributed by atoms with Crippen LogP contribution in [0, 0.1) is 5.92 Å². The molecule has 2 amide bonds. The van der Waals surface area contributed by atoms with Gasteiger partial charge in [-0.1, -0.05) is 6.92 Å². The molecule has 2 aliphatic rings. The van der Waals surface area contributed by atoms with Gasteiger partial charge in [0.25, 0.3) is 0 Å². The Balaban J connectivity index is 1.94. The lowest BCUT2D eigenvalue weighted by Gasteiger charge is -2.36. The average Bonchev–Trinajstić information content (AvgIpc) is 2.22. The van der Waals surface area contributed by atoms with Crippen molar-refractivity contribution in [1.29, 1.82) is 0 Å². The van der Waals surface area contributed by atoms with Crippen LogP contribution in [0.2, 0.25) is 0 Å². The molecule has 0 aliphatic carbocycles. The second-order valence-electron chi connectivity index (χ2n) is 4.53. The van der Waals surface area contributed by atoms with Crippen molar-refractivity contribution in [2.45, 2.75) is 25.8 Å². The third-order valence-electron chi connectivity index (χ3n) is 3.37. The van der Waals surface area contributed by atoms with Crippen molar-refractivity contribution in [3.8, 4) is 0 Å². The van der Waals surface area contributed by atoms with Crippen molar-refractivity contribution < 1.29 is 9.59 Å². The molecule has 2 aliphatic heterocycles. The predicted octanol–water partition coefficient (Wildman–Crippen LogP) is -0.667. The van der Waals surface area contributed by atoms with E-state index in [1.54, 1.807) is 4.90 Å². The molecule has 2 heterocycles. The first-order valence-electron chi connectivity index (χ1n) is 6.00. The Bertz CT molecular complexity index is 289. The zero-order valence-electron chi connectivity index (χ0n) is 9.66. The van der Waals surface area contributed by atoms with Gasteiger partial charge in [-0.3, -0.25) is 9.59 Å². The van der Waals surface area contributed by atoms with E-state index in [9.17, 15) is 9.59 Å². The summed E-state index contributed by atoms with van der Waals surface area (Å²) in [4.78, 5) is 25.4. The molecular weight excluding hydrogens is 206 g/mol. The summed E-state index contributed by atoms with van der Waals surface area (Å²) >= 11 is 0. The van der Waals surface area contributed by atoms with Gasteiger partial charge < -0.3 is 15.5 Å². The molecule has 2 fully saturated rings. The maximum Gasteiger partial charge on any atom is 0.242 e. The summed E-state index contributed by atoms with van der Waals surface area (Å²) in [6, 6.07) is -0.255. The maximum absolute atomic E-state index is 12.0. The Morgan fingerprint density at radius 2 is 2.25 bits per heavy atom. The quantitative estimate of drug-likeness (QED) is 0.670. The fourth-order valence-electron chi connectivity index (χ4n) is 2.28. The van der Waals surface area contributed by atoms with E-state index in [0.717, 1.165) is 13.1 Å². The van der Waals surface area contributed by atoms with E-state index in [2.05, 4.69) is 10.6 Å². The van der Waals surface area contributed by atoms with E-state index in [1.807, 2.05) is 6.92 Å². The highest BCUT2D eigenvalue weighted by Crippen LogP contribution is 2.15. The molecule has 0 radical (unpaired) electrons. The fraction of sp³-hybridized carbons (Fsp3) is 0.818. The number of nitrogens with one attached hydrogen (secondary N) is 2. The van der Waals surface area contributed by atoms with Gasteiger partial charge in [0.2, 0.25) is 11.8 Å². The SMILES string of the molecule is CCC1C(=O)NCCN1C(=O)CC1CNC1. The van der Waals surface area contributed by atoms with E-state index in [0.29, 0.717) is 31.8 Å². The van der Waals surface area contributed by atoms with E-state index >= 15 is 0 Å². The van der Waals surface area contributed by atoms with E-state index in [1.165, 1.54) is 0 Å². The molecule has 5 heteroatoms. The number of nitrogens with zero attached hydrogens (tertiary/aromatic N) is 1. The van der Waals surface area contributed by atoms with E-state index in [-0.39, 0.29) is 17.9 Å². The minimum absolute atomic E-state index is 0.00571. The van der Waals surface area contributed by atoms with Crippen LogP contribution in [-0.4, -0.2) is 48.9 Å². The Morgan fingerprint density at radius 3 is 2.81 bits per heavy atom.